The number of hydrogen-bond donors (Lipinski definition) is 0. The fourth-order valence-electron chi connectivity index (χ4n) is 2.91. The molecule has 3 nitrogen and oxygen atoms in total. The maximum Gasteiger partial charge on any atom is 0.210 e. The van der Waals surface area contributed by atoms with E-state index in [4.69, 9.17) is 0 Å². The standard InChI is InChI=1S/C20H12O3S6/c21-28-11-19(17-7-5-15(26-17)13-3-1-9-24-13)29(22,23)20(12-28)18-8-6-16(27-18)14-4-2-10-25-14/h1-12H. The molecule has 5 rings (SSSR count). The van der Waals surface area contributed by atoms with Crippen molar-refractivity contribution < 1.29 is 12.6 Å². The summed E-state index contributed by atoms with van der Waals surface area (Å²) in [6.45, 7) is 0. The average molecular weight is 493 g/mol. The minimum atomic E-state index is -3.76. The van der Waals surface area contributed by atoms with Gasteiger partial charge in [-0.3, -0.25) is 4.21 Å². The Kier molecular flexibility index (Phi) is 5.05. The van der Waals surface area contributed by atoms with Crippen molar-refractivity contribution in [3.63, 3.8) is 0 Å². The Labute approximate surface area is 186 Å². The maximum absolute atomic E-state index is 13.4. The normalized spacial score (nSPS) is 16.6. The molecule has 1 aliphatic rings. The van der Waals surface area contributed by atoms with E-state index in [1.807, 2.05) is 47.2 Å². The molecule has 29 heavy (non-hydrogen) atoms. The van der Waals surface area contributed by atoms with E-state index in [-0.39, 0.29) is 9.81 Å². The van der Waals surface area contributed by atoms with E-state index in [9.17, 15) is 12.6 Å². The van der Waals surface area contributed by atoms with Crippen molar-refractivity contribution >= 4 is 75.8 Å². The third-order valence-electron chi connectivity index (χ3n) is 4.25. The molecule has 0 atom stereocenters. The minimum Gasteiger partial charge on any atom is -0.250 e. The van der Waals surface area contributed by atoms with Gasteiger partial charge in [-0.25, -0.2) is 8.42 Å². The van der Waals surface area contributed by atoms with E-state index < -0.39 is 20.6 Å². The van der Waals surface area contributed by atoms with Crippen LogP contribution >= 0.6 is 45.3 Å². The number of sulfone groups is 1. The van der Waals surface area contributed by atoms with Crippen molar-refractivity contribution in [1.82, 2.24) is 0 Å². The number of hydrogen-bond acceptors (Lipinski definition) is 7. The molecule has 9 heteroatoms. The lowest BCUT2D eigenvalue weighted by Gasteiger charge is -2.14. The molecule has 0 N–H and O–H groups in total. The number of thiophene rings is 4. The van der Waals surface area contributed by atoms with Gasteiger partial charge in [0.1, 0.15) is 0 Å². The molecule has 0 amide bonds. The van der Waals surface area contributed by atoms with Crippen LogP contribution in [-0.2, 0) is 20.6 Å². The molecule has 0 fully saturated rings. The van der Waals surface area contributed by atoms with E-state index in [0.29, 0.717) is 9.75 Å². The molecule has 4 aromatic rings. The zero-order chi connectivity index (χ0) is 20.0. The lowest BCUT2D eigenvalue weighted by molar-refractivity contribution is 0.615. The molecule has 4 aromatic heterocycles. The van der Waals surface area contributed by atoms with Gasteiger partial charge in [-0.05, 0) is 47.2 Å². The van der Waals surface area contributed by atoms with Crippen LogP contribution in [0.25, 0.3) is 29.3 Å². The van der Waals surface area contributed by atoms with Gasteiger partial charge >= 0.3 is 0 Å². The van der Waals surface area contributed by atoms with Crippen LogP contribution in [-0.4, -0.2) is 12.6 Å². The van der Waals surface area contributed by atoms with Crippen molar-refractivity contribution in [1.29, 1.82) is 0 Å². The fraction of sp³-hybridized carbons (Fsp3) is 0. The van der Waals surface area contributed by atoms with Crippen LogP contribution in [0.15, 0.2) is 70.1 Å². The van der Waals surface area contributed by atoms with Gasteiger partial charge < -0.3 is 0 Å². The highest BCUT2D eigenvalue weighted by Crippen LogP contribution is 2.44. The largest absolute Gasteiger partial charge is 0.250 e. The second-order valence-corrected chi connectivity index (χ2v) is 13.2. The van der Waals surface area contributed by atoms with Gasteiger partial charge in [-0.2, -0.15) is 0 Å². The zero-order valence-electron chi connectivity index (χ0n) is 14.6. The van der Waals surface area contributed by atoms with Crippen LogP contribution in [0.3, 0.4) is 0 Å². The van der Waals surface area contributed by atoms with Crippen LogP contribution < -0.4 is 0 Å². The molecule has 146 valence electrons. The molecule has 0 aliphatic carbocycles. The Hall–Kier alpha value is -1.62. The van der Waals surface area contributed by atoms with E-state index in [2.05, 4.69) is 0 Å². The fourth-order valence-corrected chi connectivity index (χ4v) is 10.7. The van der Waals surface area contributed by atoms with Crippen LogP contribution in [0.5, 0.6) is 0 Å². The Morgan fingerprint density at radius 1 is 0.621 bits per heavy atom. The van der Waals surface area contributed by atoms with Crippen LogP contribution in [0.1, 0.15) is 9.75 Å². The summed E-state index contributed by atoms with van der Waals surface area (Å²) >= 11 is 6.03. The van der Waals surface area contributed by atoms with Gasteiger partial charge in [0.05, 0.1) is 20.6 Å². The molecular weight excluding hydrogens is 481 g/mol. The third kappa shape index (κ3) is 3.56. The molecule has 0 unspecified atom stereocenters. The third-order valence-corrected chi connectivity index (χ3v) is 11.9. The smallest absolute Gasteiger partial charge is 0.210 e. The highest BCUT2D eigenvalue weighted by atomic mass is 32.2. The average Bonchev–Trinajstić information content (AvgIpc) is 3.48. The molecular formula is C20H12O3S6. The van der Waals surface area contributed by atoms with Gasteiger partial charge in [0.25, 0.3) is 0 Å². The topological polar surface area (TPSA) is 51.2 Å². The monoisotopic (exact) mass is 492 g/mol. The first kappa shape index (κ1) is 19.3. The van der Waals surface area contributed by atoms with E-state index in [1.165, 1.54) is 33.5 Å². The van der Waals surface area contributed by atoms with Gasteiger partial charge in [-0.15, -0.1) is 45.3 Å². The van der Waals surface area contributed by atoms with E-state index in [1.54, 1.807) is 34.8 Å². The SMILES string of the molecule is O=S1C=C(c2ccc(-c3cccs3)s2)S(=O)(=O)C(c2ccc(-c3cccs3)s2)=C1. The van der Waals surface area contributed by atoms with E-state index in [0.717, 1.165) is 19.5 Å². The molecule has 1 aliphatic heterocycles. The first-order valence-electron chi connectivity index (χ1n) is 8.39. The quantitative estimate of drug-likeness (QED) is 0.317. The molecule has 0 spiro atoms. The second-order valence-electron chi connectivity index (χ2n) is 6.08. The molecule has 0 saturated carbocycles. The predicted octanol–water partition coefficient (Wildman–Crippen LogP) is 6.74. The van der Waals surface area contributed by atoms with E-state index >= 15 is 0 Å². The summed E-state index contributed by atoms with van der Waals surface area (Å²) in [5, 5.41) is 6.67. The molecule has 0 aromatic carbocycles. The summed E-state index contributed by atoms with van der Waals surface area (Å²) in [7, 11) is -5.25. The van der Waals surface area contributed by atoms with Crippen LogP contribution in [0.4, 0.5) is 0 Å². The van der Waals surface area contributed by atoms with Gasteiger partial charge in [0.15, 0.2) is 0 Å². The lowest BCUT2D eigenvalue weighted by atomic mass is 10.3. The Bertz CT molecular complexity index is 1260. The summed E-state index contributed by atoms with van der Waals surface area (Å²) < 4.78 is 39.3. The van der Waals surface area contributed by atoms with Crippen molar-refractivity contribution in [2.75, 3.05) is 0 Å². The summed E-state index contributed by atoms with van der Waals surface area (Å²) in [6.07, 6.45) is 0. The molecule has 0 saturated heterocycles. The maximum atomic E-state index is 13.4. The summed E-state index contributed by atoms with van der Waals surface area (Å²) in [5.74, 6) is 0. The Morgan fingerprint density at radius 2 is 1.07 bits per heavy atom. The molecule has 5 heterocycles. The van der Waals surface area contributed by atoms with Gasteiger partial charge in [0.2, 0.25) is 9.84 Å². The minimum absolute atomic E-state index is 0.132. The number of rotatable bonds is 4. The van der Waals surface area contributed by atoms with Gasteiger partial charge in [0, 0.05) is 40.1 Å². The summed E-state index contributed by atoms with van der Waals surface area (Å²) in [5.41, 5.74) is 0. The lowest BCUT2D eigenvalue weighted by Crippen LogP contribution is -2.09. The highest BCUT2D eigenvalue weighted by Gasteiger charge is 2.32. The first-order valence-corrected chi connectivity index (χ1v) is 14.5. The Morgan fingerprint density at radius 3 is 1.48 bits per heavy atom. The molecule has 0 radical (unpaired) electrons. The van der Waals surface area contributed by atoms with Crippen molar-refractivity contribution in [3.8, 4) is 19.5 Å². The van der Waals surface area contributed by atoms with Crippen molar-refractivity contribution in [3.05, 3.63) is 79.9 Å². The molecule has 0 bridgehead atoms. The van der Waals surface area contributed by atoms with Crippen LogP contribution in [0.2, 0.25) is 0 Å². The van der Waals surface area contributed by atoms with Crippen LogP contribution in [0, 0.1) is 0 Å². The second kappa shape index (κ2) is 7.57. The zero-order valence-corrected chi connectivity index (χ0v) is 19.5. The van der Waals surface area contributed by atoms with Crippen molar-refractivity contribution in [2.45, 2.75) is 0 Å². The predicted molar refractivity (Wildman–Crippen MR) is 128 cm³/mol. The van der Waals surface area contributed by atoms with Gasteiger partial charge in [-0.1, -0.05) is 12.1 Å². The Balaban J connectivity index is 1.54. The summed E-state index contributed by atoms with van der Waals surface area (Å²) in [4.78, 5) is 5.67. The van der Waals surface area contributed by atoms with Crippen molar-refractivity contribution in [2.24, 2.45) is 0 Å². The first-order chi connectivity index (χ1) is 14.0. The highest BCUT2D eigenvalue weighted by molar-refractivity contribution is 8.12. The summed E-state index contributed by atoms with van der Waals surface area (Å²) in [6, 6.07) is 15.4.